The Balaban J connectivity index is 1.81. The summed E-state index contributed by atoms with van der Waals surface area (Å²) in [5.74, 6) is 0.759. The smallest absolute Gasteiger partial charge is 0.241 e. The first-order valence-electron chi connectivity index (χ1n) is 7.79. The van der Waals surface area contributed by atoms with Crippen LogP contribution in [0.25, 0.3) is 0 Å². The molecule has 0 aromatic heterocycles. The van der Waals surface area contributed by atoms with E-state index in [1.807, 2.05) is 37.3 Å². The first-order chi connectivity index (χ1) is 9.66. The van der Waals surface area contributed by atoms with Crippen LogP contribution in [0.1, 0.15) is 46.0 Å². The van der Waals surface area contributed by atoms with E-state index in [1.54, 1.807) is 0 Å². The zero-order valence-electron chi connectivity index (χ0n) is 12.6. The molecule has 1 aliphatic carbocycles. The molecule has 3 nitrogen and oxygen atoms in total. The molecule has 1 aromatic rings. The van der Waals surface area contributed by atoms with E-state index in [2.05, 4.69) is 17.6 Å². The molecule has 1 saturated carbocycles. The molecule has 2 atom stereocenters. The first-order valence-corrected chi connectivity index (χ1v) is 7.79. The number of para-hydroxylation sites is 1. The molecule has 0 bridgehead atoms. The Morgan fingerprint density at radius 3 is 2.40 bits per heavy atom. The minimum absolute atomic E-state index is 0.0406. The number of amides is 1. The predicted molar refractivity (Wildman–Crippen MR) is 83.7 cm³/mol. The third-order valence-electron chi connectivity index (χ3n) is 4.30. The third kappa shape index (κ3) is 4.34. The van der Waals surface area contributed by atoms with Crippen molar-refractivity contribution >= 4 is 11.6 Å². The number of carbonyl (C=O) groups excluding carboxylic acids is 1. The summed E-state index contributed by atoms with van der Waals surface area (Å²) in [7, 11) is 0. The summed E-state index contributed by atoms with van der Waals surface area (Å²) in [5, 5.41) is 6.41. The second kappa shape index (κ2) is 7.44. The molecule has 3 heteroatoms. The fourth-order valence-corrected chi connectivity index (χ4v) is 3.01. The Hall–Kier alpha value is -1.35. The summed E-state index contributed by atoms with van der Waals surface area (Å²) in [6.45, 7) is 4.15. The molecule has 1 fully saturated rings. The highest BCUT2D eigenvalue weighted by atomic mass is 16.2. The summed E-state index contributed by atoms with van der Waals surface area (Å²) >= 11 is 0. The highest BCUT2D eigenvalue weighted by molar-refractivity contribution is 5.94. The van der Waals surface area contributed by atoms with Crippen LogP contribution < -0.4 is 10.6 Å². The molecule has 1 unspecified atom stereocenters. The molecule has 0 spiro atoms. The Kier molecular flexibility index (Phi) is 5.60. The van der Waals surface area contributed by atoms with E-state index in [0.717, 1.165) is 11.6 Å². The summed E-state index contributed by atoms with van der Waals surface area (Å²) < 4.78 is 0. The van der Waals surface area contributed by atoms with Gasteiger partial charge in [0.1, 0.15) is 0 Å². The lowest BCUT2D eigenvalue weighted by atomic mass is 9.84. The van der Waals surface area contributed by atoms with E-state index in [0.29, 0.717) is 6.04 Å². The van der Waals surface area contributed by atoms with Crippen molar-refractivity contribution in [3.05, 3.63) is 30.3 Å². The minimum atomic E-state index is -0.160. The fourth-order valence-electron chi connectivity index (χ4n) is 3.01. The molecule has 110 valence electrons. The maximum absolute atomic E-state index is 12.2. The van der Waals surface area contributed by atoms with Gasteiger partial charge in [0.25, 0.3) is 0 Å². The Labute approximate surface area is 122 Å². The average Bonchev–Trinajstić information content (AvgIpc) is 2.49. The Bertz CT molecular complexity index is 412. The highest BCUT2D eigenvalue weighted by Crippen LogP contribution is 2.26. The van der Waals surface area contributed by atoms with Crippen LogP contribution in [0.4, 0.5) is 5.69 Å². The van der Waals surface area contributed by atoms with Gasteiger partial charge in [0, 0.05) is 11.7 Å². The number of anilines is 1. The van der Waals surface area contributed by atoms with Crippen LogP contribution in [0.3, 0.4) is 0 Å². The second-order valence-electron chi connectivity index (χ2n) is 5.93. The number of carbonyl (C=O) groups is 1. The van der Waals surface area contributed by atoms with Gasteiger partial charge >= 0.3 is 0 Å². The highest BCUT2D eigenvalue weighted by Gasteiger charge is 2.23. The van der Waals surface area contributed by atoms with Crippen molar-refractivity contribution in [3.8, 4) is 0 Å². The summed E-state index contributed by atoms with van der Waals surface area (Å²) in [5.41, 5.74) is 0.858. The standard InChI is InChI=1S/C17H26N2O/c1-13(15-9-5-3-6-10-15)18-14(2)17(20)19-16-11-7-4-8-12-16/h4,7-8,11-15,18H,3,5-6,9-10H2,1-2H3,(H,19,20)/t13-,14?/m1/s1. The first kappa shape index (κ1) is 15.0. The van der Waals surface area contributed by atoms with Crippen LogP contribution >= 0.6 is 0 Å². The van der Waals surface area contributed by atoms with Gasteiger partial charge in [0.05, 0.1) is 6.04 Å². The van der Waals surface area contributed by atoms with Crippen molar-refractivity contribution in [3.63, 3.8) is 0 Å². The molecule has 1 aliphatic rings. The summed E-state index contributed by atoms with van der Waals surface area (Å²) in [6.07, 6.45) is 6.62. The van der Waals surface area contributed by atoms with Gasteiger partial charge in [-0.2, -0.15) is 0 Å². The van der Waals surface area contributed by atoms with Crippen molar-refractivity contribution < 1.29 is 4.79 Å². The zero-order valence-corrected chi connectivity index (χ0v) is 12.6. The Morgan fingerprint density at radius 2 is 1.75 bits per heavy atom. The second-order valence-corrected chi connectivity index (χ2v) is 5.93. The SMILES string of the molecule is CC(N[C@H](C)C1CCCCC1)C(=O)Nc1ccccc1. The molecule has 2 rings (SSSR count). The Morgan fingerprint density at radius 1 is 1.10 bits per heavy atom. The molecule has 2 N–H and O–H groups in total. The molecule has 20 heavy (non-hydrogen) atoms. The van der Waals surface area contributed by atoms with Crippen molar-refractivity contribution in [1.29, 1.82) is 0 Å². The maximum Gasteiger partial charge on any atom is 0.241 e. The molecule has 1 amide bonds. The van der Waals surface area contributed by atoms with E-state index in [-0.39, 0.29) is 11.9 Å². The normalized spacial score (nSPS) is 19.3. The van der Waals surface area contributed by atoms with E-state index in [4.69, 9.17) is 0 Å². The molecule has 0 heterocycles. The van der Waals surface area contributed by atoms with Crippen LogP contribution in [-0.4, -0.2) is 18.0 Å². The summed E-state index contributed by atoms with van der Waals surface area (Å²) in [6, 6.07) is 9.88. The van der Waals surface area contributed by atoms with Crippen LogP contribution in [0.5, 0.6) is 0 Å². The van der Waals surface area contributed by atoms with E-state index < -0.39 is 0 Å². The van der Waals surface area contributed by atoms with Gasteiger partial charge in [-0.1, -0.05) is 37.5 Å². The average molecular weight is 274 g/mol. The molecule has 0 saturated heterocycles. The van der Waals surface area contributed by atoms with Gasteiger partial charge < -0.3 is 10.6 Å². The molecular weight excluding hydrogens is 248 g/mol. The van der Waals surface area contributed by atoms with Crippen molar-refractivity contribution in [2.45, 2.75) is 58.0 Å². The third-order valence-corrected chi connectivity index (χ3v) is 4.30. The molecule has 1 aromatic carbocycles. The van der Waals surface area contributed by atoms with Crippen LogP contribution in [-0.2, 0) is 4.79 Å². The largest absolute Gasteiger partial charge is 0.325 e. The van der Waals surface area contributed by atoms with Crippen LogP contribution in [0.2, 0.25) is 0 Å². The molecule has 0 aliphatic heterocycles. The van der Waals surface area contributed by atoms with E-state index in [1.165, 1.54) is 32.1 Å². The lowest BCUT2D eigenvalue weighted by molar-refractivity contribution is -0.118. The topological polar surface area (TPSA) is 41.1 Å². The monoisotopic (exact) mass is 274 g/mol. The summed E-state index contributed by atoms with van der Waals surface area (Å²) in [4.78, 5) is 12.2. The van der Waals surface area contributed by atoms with Crippen molar-refractivity contribution in [2.75, 3.05) is 5.32 Å². The van der Waals surface area contributed by atoms with Gasteiger partial charge in [-0.05, 0) is 44.7 Å². The lowest BCUT2D eigenvalue weighted by Gasteiger charge is -2.30. The van der Waals surface area contributed by atoms with Crippen LogP contribution in [0.15, 0.2) is 30.3 Å². The predicted octanol–water partition coefficient (Wildman–Crippen LogP) is 3.57. The molecule has 0 radical (unpaired) electrons. The van der Waals surface area contributed by atoms with Gasteiger partial charge in [-0.3, -0.25) is 4.79 Å². The van der Waals surface area contributed by atoms with Gasteiger partial charge in [0.2, 0.25) is 5.91 Å². The van der Waals surface area contributed by atoms with Gasteiger partial charge in [-0.25, -0.2) is 0 Å². The van der Waals surface area contributed by atoms with Gasteiger partial charge in [-0.15, -0.1) is 0 Å². The number of hydrogen-bond donors (Lipinski definition) is 2. The van der Waals surface area contributed by atoms with Crippen LogP contribution in [0, 0.1) is 5.92 Å². The van der Waals surface area contributed by atoms with E-state index >= 15 is 0 Å². The van der Waals surface area contributed by atoms with Crippen molar-refractivity contribution in [1.82, 2.24) is 5.32 Å². The number of nitrogens with one attached hydrogen (secondary N) is 2. The minimum Gasteiger partial charge on any atom is -0.325 e. The number of benzene rings is 1. The van der Waals surface area contributed by atoms with E-state index in [9.17, 15) is 4.79 Å². The quantitative estimate of drug-likeness (QED) is 0.861. The zero-order chi connectivity index (χ0) is 14.4. The fraction of sp³-hybridized carbons (Fsp3) is 0.588. The van der Waals surface area contributed by atoms with Gasteiger partial charge in [0.15, 0.2) is 0 Å². The lowest BCUT2D eigenvalue weighted by Crippen LogP contribution is -2.46. The van der Waals surface area contributed by atoms with Crippen molar-refractivity contribution in [2.24, 2.45) is 5.92 Å². The number of hydrogen-bond acceptors (Lipinski definition) is 2. The molecular formula is C17H26N2O. The maximum atomic E-state index is 12.2. The number of rotatable bonds is 5.